The van der Waals surface area contributed by atoms with Gasteiger partial charge in [-0.25, -0.2) is 13.2 Å². The first-order valence-corrected chi connectivity index (χ1v) is 9.78. The minimum atomic E-state index is -3.98. The quantitative estimate of drug-likeness (QED) is 0.496. The van der Waals surface area contributed by atoms with Gasteiger partial charge in [-0.05, 0) is 19.1 Å². The number of ether oxygens (including phenoxy) is 3. The highest BCUT2D eigenvalue weighted by atomic mass is 32.2. The number of esters is 1. The lowest BCUT2D eigenvalue weighted by Crippen LogP contribution is -2.32. The predicted molar refractivity (Wildman–Crippen MR) is 107 cm³/mol. The maximum Gasteiger partial charge on any atom is 0.340 e. The smallest absolute Gasteiger partial charge is 0.340 e. The molecule has 8 heteroatoms. The minimum Gasteiger partial charge on any atom is -0.493 e. The lowest BCUT2D eigenvalue weighted by molar-refractivity contribution is 0.0601. The first-order valence-electron chi connectivity index (χ1n) is 8.34. The number of nitrogens with zero attached hydrogens (tertiary/aromatic N) is 1. The maximum atomic E-state index is 13.3. The van der Waals surface area contributed by atoms with Crippen LogP contribution in [0.4, 0.5) is 5.69 Å². The zero-order valence-electron chi connectivity index (χ0n) is 16.3. The Labute approximate surface area is 165 Å². The molecule has 0 aromatic heterocycles. The highest BCUT2D eigenvalue weighted by Gasteiger charge is 2.29. The van der Waals surface area contributed by atoms with Crippen LogP contribution in [-0.4, -0.2) is 42.3 Å². The predicted octanol–water partition coefficient (Wildman–Crippen LogP) is 3.18. The molecule has 0 aliphatic rings. The fourth-order valence-corrected chi connectivity index (χ4v) is 4.07. The van der Waals surface area contributed by atoms with Crippen molar-refractivity contribution in [3.63, 3.8) is 0 Å². The Morgan fingerprint density at radius 1 is 1.07 bits per heavy atom. The lowest BCUT2D eigenvalue weighted by atomic mass is 10.1. The van der Waals surface area contributed by atoms with Gasteiger partial charge in [0.2, 0.25) is 0 Å². The number of hydrogen-bond donors (Lipinski definition) is 0. The molecule has 0 saturated heterocycles. The molecule has 0 saturated carbocycles. The van der Waals surface area contributed by atoms with Gasteiger partial charge >= 0.3 is 5.97 Å². The van der Waals surface area contributed by atoms with Gasteiger partial charge in [0.25, 0.3) is 10.0 Å². The topological polar surface area (TPSA) is 82.1 Å². The van der Waals surface area contributed by atoms with Gasteiger partial charge in [-0.3, -0.25) is 4.31 Å². The Balaban J connectivity index is 2.75. The molecule has 0 heterocycles. The molecule has 28 heavy (non-hydrogen) atoms. The van der Waals surface area contributed by atoms with Crippen LogP contribution in [-0.2, 0) is 14.8 Å². The summed E-state index contributed by atoms with van der Waals surface area (Å²) in [5, 5.41) is 0. The number of aryl methyl sites for hydroxylation is 1. The van der Waals surface area contributed by atoms with Gasteiger partial charge in [-0.15, -0.1) is 6.58 Å². The van der Waals surface area contributed by atoms with Crippen LogP contribution in [0.5, 0.6) is 11.5 Å². The summed E-state index contributed by atoms with van der Waals surface area (Å²) in [7, 11) is 0.0757. The lowest BCUT2D eigenvalue weighted by Gasteiger charge is -2.26. The molecule has 2 aromatic carbocycles. The number of anilines is 1. The Kier molecular flexibility index (Phi) is 6.69. The molecule has 0 N–H and O–H groups in total. The zero-order valence-corrected chi connectivity index (χ0v) is 17.1. The summed E-state index contributed by atoms with van der Waals surface area (Å²) in [4.78, 5) is 12.4. The summed E-state index contributed by atoms with van der Waals surface area (Å²) in [6, 6.07) is 9.25. The highest BCUT2D eigenvalue weighted by Crippen LogP contribution is 2.37. The van der Waals surface area contributed by atoms with Gasteiger partial charge in [0.1, 0.15) is 0 Å². The van der Waals surface area contributed by atoms with Crippen molar-refractivity contribution in [2.45, 2.75) is 11.8 Å². The van der Waals surface area contributed by atoms with Crippen LogP contribution in [0.25, 0.3) is 0 Å². The van der Waals surface area contributed by atoms with Crippen LogP contribution >= 0.6 is 0 Å². The van der Waals surface area contributed by atoms with Crippen LogP contribution in [0.3, 0.4) is 0 Å². The van der Waals surface area contributed by atoms with E-state index < -0.39 is 16.0 Å². The largest absolute Gasteiger partial charge is 0.493 e. The number of hydrogen-bond acceptors (Lipinski definition) is 6. The van der Waals surface area contributed by atoms with Crippen molar-refractivity contribution in [1.82, 2.24) is 0 Å². The van der Waals surface area contributed by atoms with E-state index >= 15 is 0 Å². The summed E-state index contributed by atoms with van der Waals surface area (Å²) in [6.07, 6.45) is 1.43. The van der Waals surface area contributed by atoms with E-state index in [1.54, 1.807) is 12.1 Å². The molecule has 7 nitrogen and oxygen atoms in total. The first-order chi connectivity index (χ1) is 13.3. The molecule has 0 radical (unpaired) electrons. The summed E-state index contributed by atoms with van der Waals surface area (Å²) in [6.45, 7) is 5.44. The number of carbonyl (C=O) groups excluding carboxylic acids is 1. The zero-order chi connectivity index (χ0) is 20.9. The van der Waals surface area contributed by atoms with E-state index in [2.05, 4.69) is 6.58 Å². The first kappa shape index (κ1) is 21.3. The van der Waals surface area contributed by atoms with E-state index in [0.29, 0.717) is 0 Å². The van der Waals surface area contributed by atoms with Crippen LogP contribution in [0.1, 0.15) is 15.9 Å². The molecule has 0 atom stereocenters. The maximum absolute atomic E-state index is 13.3. The molecule has 2 aromatic rings. The van der Waals surface area contributed by atoms with E-state index in [-0.39, 0.29) is 34.2 Å². The molecule has 0 aliphatic carbocycles. The second-order valence-electron chi connectivity index (χ2n) is 5.85. The molecule has 0 fully saturated rings. The van der Waals surface area contributed by atoms with Gasteiger partial charge in [0.15, 0.2) is 11.5 Å². The Morgan fingerprint density at radius 3 is 2.14 bits per heavy atom. The van der Waals surface area contributed by atoms with Crippen molar-refractivity contribution in [1.29, 1.82) is 0 Å². The third kappa shape index (κ3) is 4.12. The Morgan fingerprint density at radius 2 is 1.64 bits per heavy atom. The van der Waals surface area contributed by atoms with Crippen molar-refractivity contribution < 1.29 is 27.4 Å². The fraction of sp³-hybridized carbons (Fsp3) is 0.250. The average molecular weight is 405 g/mol. The number of benzene rings is 2. The molecule has 0 spiro atoms. The third-order valence-electron chi connectivity index (χ3n) is 4.08. The van der Waals surface area contributed by atoms with Crippen LogP contribution in [0.15, 0.2) is 53.9 Å². The fourth-order valence-electron chi connectivity index (χ4n) is 2.63. The van der Waals surface area contributed by atoms with Crippen molar-refractivity contribution in [2.75, 3.05) is 32.2 Å². The van der Waals surface area contributed by atoms with E-state index in [1.807, 2.05) is 6.92 Å². The van der Waals surface area contributed by atoms with Gasteiger partial charge in [-0.1, -0.05) is 23.8 Å². The van der Waals surface area contributed by atoms with E-state index in [0.717, 1.165) is 9.87 Å². The molecule has 0 amide bonds. The van der Waals surface area contributed by atoms with Gasteiger partial charge in [0, 0.05) is 12.1 Å². The molecule has 150 valence electrons. The molecule has 2 rings (SSSR count). The molecule has 0 unspecified atom stereocenters. The Bertz CT molecular complexity index is 967. The molecule has 0 bridgehead atoms. The average Bonchev–Trinajstić information content (AvgIpc) is 2.70. The number of carbonyl (C=O) groups is 1. The monoisotopic (exact) mass is 405 g/mol. The van der Waals surface area contributed by atoms with E-state index in [1.165, 1.54) is 51.7 Å². The minimum absolute atomic E-state index is 0.0256. The molecule has 0 aliphatic heterocycles. The van der Waals surface area contributed by atoms with Crippen molar-refractivity contribution in [3.05, 3.63) is 60.2 Å². The Hall–Kier alpha value is -3.00. The van der Waals surface area contributed by atoms with Crippen LogP contribution < -0.4 is 13.8 Å². The normalized spacial score (nSPS) is 10.9. The van der Waals surface area contributed by atoms with Crippen LogP contribution in [0.2, 0.25) is 0 Å². The van der Waals surface area contributed by atoms with Gasteiger partial charge in [0.05, 0.1) is 44.0 Å². The number of methoxy groups -OCH3 is 3. The van der Waals surface area contributed by atoms with Crippen molar-refractivity contribution in [2.24, 2.45) is 0 Å². The molecular weight excluding hydrogens is 382 g/mol. The van der Waals surface area contributed by atoms with Gasteiger partial charge in [-0.2, -0.15) is 0 Å². The van der Waals surface area contributed by atoms with E-state index in [9.17, 15) is 13.2 Å². The second kappa shape index (κ2) is 8.79. The highest BCUT2D eigenvalue weighted by molar-refractivity contribution is 7.92. The summed E-state index contributed by atoms with van der Waals surface area (Å²) < 4.78 is 43.0. The number of sulfonamides is 1. The van der Waals surface area contributed by atoms with Crippen LogP contribution in [0, 0.1) is 6.92 Å². The standard InChI is InChI=1S/C20H23NO6S/c1-6-11-21(28(23,24)15-9-7-14(2)8-10-15)17-13-19(26-4)18(25-3)12-16(17)20(22)27-5/h6-10,12-13H,1,11H2,2-5H3. The second-order valence-corrected chi connectivity index (χ2v) is 7.72. The van der Waals surface area contributed by atoms with Crippen molar-refractivity contribution in [3.8, 4) is 11.5 Å². The van der Waals surface area contributed by atoms with Gasteiger partial charge < -0.3 is 14.2 Å². The molecular formula is C20H23NO6S. The third-order valence-corrected chi connectivity index (χ3v) is 5.87. The summed E-state index contributed by atoms with van der Waals surface area (Å²) >= 11 is 0. The van der Waals surface area contributed by atoms with Crippen molar-refractivity contribution >= 4 is 21.7 Å². The summed E-state index contributed by atoms with van der Waals surface area (Å²) in [5.41, 5.74) is 1.05. The number of rotatable bonds is 8. The SMILES string of the molecule is C=CCN(c1cc(OC)c(OC)cc1C(=O)OC)S(=O)(=O)c1ccc(C)cc1. The summed E-state index contributed by atoms with van der Waals surface area (Å²) in [5.74, 6) is -0.152. The van der Waals surface area contributed by atoms with E-state index in [4.69, 9.17) is 14.2 Å².